The number of nitrogens with one attached hydrogen (secondary N) is 1. The van der Waals surface area contributed by atoms with E-state index in [1.54, 1.807) is 6.92 Å². The number of H-pyrrole nitrogens is 1. The first-order valence-electron chi connectivity index (χ1n) is 4.17. The highest BCUT2D eigenvalue weighted by Gasteiger charge is 2.21. The minimum atomic E-state index is -3.85. The third-order valence-corrected chi connectivity index (χ3v) is 3.21. The molecular formula is C8H10ClNO4S. The fourth-order valence-electron chi connectivity index (χ4n) is 1.15. The Morgan fingerprint density at radius 1 is 1.60 bits per heavy atom. The van der Waals surface area contributed by atoms with Crippen LogP contribution in [0.25, 0.3) is 0 Å². The van der Waals surface area contributed by atoms with E-state index >= 15 is 0 Å². The summed E-state index contributed by atoms with van der Waals surface area (Å²) < 4.78 is 26.8. The molecule has 0 saturated heterocycles. The van der Waals surface area contributed by atoms with Crippen LogP contribution >= 0.6 is 10.7 Å². The monoisotopic (exact) mass is 251 g/mol. The molecule has 1 rings (SSSR count). The van der Waals surface area contributed by atoms with Crippen LogP contribution in [0.15, 0.2) is 11.2 Å². The Hall–Kier alpha value is -1.01. The van der Waals surface area contributed by atoms with E-state index in [2.05, 4.69) is 4.98 Å². The number of ether oxygens (including phenoxy) is 1. The molecule has 1 N–H and O–H groups in total. The molecule has 15 heavy (non-hydrogen) atoms. The van der Waals surface area contributed by atoms with Crippen LogP contribution in [0.1, 0.15) is 22.8 Å². The molecule has 0 radical (unpaired) electrons. The van der Waals surface area contributed by atoms with E-state index in [1.165, 1.54) is 13.1 Å². The summed E-state index contributed by atoms with van der Waals surface area (Å²) >= 11 is 0. The lowest BCUT2D eigenvalue weighted by Gasteiger charge is -2.00. The van der Waals surface area contributed by atoms with Gasteiger partial charge in [0.1, 0.15) is 0 Å². The Morgan fingerprint density at radius 3 is 2.60 bits per heavy atom. The number of aromatic amines is 1. The van der Waals surface area contributed by atoms with Crippen molar-refractivity contribution in [3.8, 4) is 0 Å². The van der Waals surface area contributed by atoms with Crippen molar-refractivity contribution < 1.29 is 17.9 Å². The number of rotatable bonds is 3. The van der Waals surface area contributed by atoms with Gasteiger partial charge in [0.25, 0.3) is 9.05 Å². The molecule has 0 aliphatic heterocycles. The minimum Gasteiger partial charge on any atom is -0.462 e. The second kappa shape index (κ2) is 4.24. The molecule has 0 saturated carbocycles. The van der Waals surface area contributed by atoms with Gasteiger partial charge in [-0.15, -0.1) is 0 Å². The first kappa shape index (κ1) is 12.1. The van der Waals surface area contributed by atoms with E-state index in [1.807, 2.05) is 0 Å². The summed E-state index contributed by atoms with van der Waals surface area (Å²) in [5.41, 5.74) is 0.444. The van der Waals surface area contributed by atoms with Crippen molar-refractivity contribution in [1.82, 2.24) is 4.98 Å². The number of halogens is 1. The van der Waals surface area contributed by atoms with Crippen LogP contribution in [0.4, 0.5) is 0 Å². The van der Waals surface area contributed by atoms with Crippen molar-refractivity contribution in [2.24, 2.45) is 0 Å². The van der Waals surface area contributed by atoms with Gasteiger partial charge < -0.3 is 9.72 Å². The number of hydrogen-bond donors (Lipinski definition) is 1. The smallest absolute Gasteiger partial charge is 0.339 e. The molecule has 0 fully saturated rings. The summed E-state index contributed by atoms with van der Waals surface area (Å²) in [7, 11) is 1.30. The van der Waals surface area contributed by atoms with Gasteiger partial charge in [-0.05, 0) is 13.8 Å². The third kappa shape index (κ3) is 2.51. The molecule has 0 atom stereocenters. The van der Waals surface area contributed by atoms with Gasteiger partial charge in [-0.25, -0.2) is 13.2 Å². The van der Waals surface area contributed by atoms with Gasteiger partial charge >= 0.3 is 5.97 Å². The van der Waals surface area contributed by atoms with Gasteiger partial charge in [-0.2, -0.15) is 0 Å². The average molecular weight is 252 g/mol. The Balaban J connectivity index is 3.16. The van der Waals surface area contributed by atoms with Gasteiger partial charge in [0.2, 0.25) is 0 Å². The van der Waals surface area contributed by atoms with E-state index in [0.717, 1.165) is 0 Å². The van der Waals surface area contributed by atoms with E-state index in [9.17, 15) is 13.2 Å². The molecule has 1 heterocycles. The lowest BCUT2D eigenvalue weighted by atomic mass is 10.2. The Labute approximate surface area is 91.8 Å². The maximum Gasteiger partial charge on any atom is 0.339 e. The molecule has 1 aromatic rings. The Morgan fingerprint density at radius 2 is 2.20 bits per heavy atom. The topological polar surface area (TPSA) is 76.2 Å². The van der Waals surface area contributed by atoms with Crippen molar-refractivity contribution in [1.29, 1.82) is 0 Å². The van der Waals surface area contributed by atoms with Crippen LogP contribution < -0.4 is 0 Å². The molecule has 5 nitrogen and oxygen atoms in total. The third-order valence-electron chi connectivity index (χ3n) is 1.83. The maximum atomic E-state index is 11.3. The maximum absolute atomic E-state index is 11.3. The fourth-order valence-corrected chi connectivity index (χ4v) is 2.31. The van der Waals surface area contributed by atoms with Crippen LogP contribution in [0.2, 0.25) is 0 Å². The van der Waals surface area contributed by atoms with E-state index < -0.39 is 15.0 Å². The van der Waals surface area contributed by atoms with Crippen molar-refractivity contribution in [2.75, 3.05) is 6.61 Å². The molecule has 0 aromatic carbocycles. The van der Waals surface area contributed by atoms with Crippen molar-refractivity contribution in [3.63, 3.8) is 0 Å². The summed E-state index contributed by atoms with van der Waals surface area (Å²) in [5, 5.41) is -0.174. The summed E-state index contributed by atoms with van der Waals surface area (Å²) in [5.74, 6) is -0.571. The van der Waals surface area contributed by atoms with Gasteiger partial charge in [-0.1, -0.05) is 0 Å². The molecule has 84 valence electrons. The number of aromatic nitrogens is 1. The summed E-state index contributed by atoms with van der Waals surface area (Å²) in [4.78, 5) is 13.8. The van der Waals surface area contributed by atoms with Crippen LogP contribution in [0.3, 0.4) is 0 Å². The molecular weight excluding hydrogens is 242 g/mol. The highest BCUT2D eigenvalue weighted by atomic mass is 35.7. The van der Waals surface area contributed by atoms with Gasteiger partial charge in [0, 0.05) is 22.4 Å². The zero-order valence-corrected chi connectivity index (χ0v) is 9.78. The van der Waals surface area contributed by atoms with Gasteiger partial charge in [-0.3, -0.25) is 0 Å². The van der Waals surface area contributed by atoms with Gasteiger partial charge in [0.15, 0.2) is 5.03 Å². The first-order chi connectivity index (χ1) is 6.88. The van der Waals surface area contributed by atoms with Crippen molar-refractivity contribution >= 4 is 25.7 Å². The zero-order valence-electron chi connectivity index (χ0n) is 8.20. The predicted molar refractivity (Wildman–Crippen MR) is 54.5 cm³/mol. The van der Waals surface area contributed by atoms with Crippen LogP contribution in [-0.4, -0.2) is 26.0 Å². The molecule has 0 aliphatic carbocycles. The van der Waals surface area contributed by atoms with E-state index in [-0.39, 0.29) is 22.8 Å². The van der Waals surface area contributed by atoms with Crippen molar-refractivity contribution in [3.05, 3.63) is 17.3 Å². The van der Waals surface area contributed by atoms with Crippen LogP contribution in [0, 0.1) is 6.92 Å². The number of hydrogen-bond acceptors (Lipinski definition) is 4. The molecule has 0 aliphatic rings. The normalized spacial score (nSPS) is 11.4. The Kier molecular flexibility index (Phi) is 3.41. The molecule has 0 bridgehead atoms. The molecule has 7 heteroatoms. The SMILES string of the molecule is CCOC(=O)c1c[nH]c(S(=O)(=O)Cl)c1C. The number of esters is 1. The second-order valence-corrected chi connectivity index (χ2v) is 5.32. The second-order valence-electron chi connectivity index (χ2n) is 2.81. The molecule has 1 aromatic heterocycles. The molecule has 0 unspecified atom stereocenters. The fraction of sp³-hybridized carbons (Fsp3) is 0.375. The molecule has 0 spiro atoms. The summed E-state index contributed by atoms with van der Waals surface area (Å²) in [6.07, 6.45) is 1.27. The van der Waals surface area contributed by atoms with Crippen molar-refractivity contribution in [2.45, 2.75) is 18.9 Å². The van der Waals surface area contributed by atoms with Gasteiger partial charge in [0.05, 0.1) is 12.2 Å². The lowest BCUT2D eigenvalue weighted by molar-refractivity contribution is 0.0525. The zero-order chi connectivity index (χ0) is 11.6. The largest absolute Gasteiger partial charge is 0.462 e. The standard InChI is InChI=1S/C8H10ClNO4S/c1-3-14-8(11)6-4-10-7(5(6)2)15(9,12)13/h4,10H,3H2,1-2H3. The molecule has 0 amide bonds. The first-order valence-corrected chi connectivity index (χ1v) is 6.48. The predicted octanol–water partition coefficient (Wildman–Crippen LogP) is 1.43. The number of carbonyl (C=O) groups is 1. The minimum absolute atomic E-state index is 0.174. The quantitative estimate of drug-likeness (QED) is 0.651. The van der Waals surface area contributed by atoms with E-state index in [4.69, 9.17) is 15.4 Å². The summed E-state index contributed by atoms with van der Waals surface area (Å²) in [6.45, 7) is 3.38. The number of carbonyl (C=O) groups excluding carboxylic acids is 1. The lowest BCUT2D eigenvalue weighted by Crippen LogP contribution is -2.05. The van der Waals surface area contributed by atoms with E-state index in [0.29, 0.717) is 0 Å². The van der Waals surface area contributed by atoms with Crippen LogP contribution in [0.5, 0.6) is 0 Å². The summed E-state index contributed by atoms with van der Waals surface area (Å²) in [6, 6.07) is 0. The van der Waals surface area contributed by atoms with Crippen LogP contribution in [-0.2, 0) is 13.8 Å². The Bertz CT molecular complexity index is 477. The highest BCUT2D eigenvalue weighted by Crippen LogP contribution is 2.21. The highest BCUT2D eigenvalue weighted by molar-refractivity contribution is 8.13. The average Bonchev–Trinajstić information content (AvgIpc) is 2.46.